The van der Waals surface area contributed by atoms with E-state index in [0.717, 1.165) is 18.4 Å². The number of imide groups is 1. The van der Waals surface area contributed by atoms with Crippen molar-refractivity contribution < 1.29 is 38.1 Å². The molecule has 0 bridgehead atoms. The van der Waals surface area contributed by atoms with Gasteiger partial charge in [-0.2, -0.15) is 4.90 Å². The first-order valence-corrected chi connectivity index (χ1v) is 13.7. The summed E-state index contributed by atoms with van der Waals surface area (Å²) in [5.74, 6) is 0.203. The van der Waals surface area contributed by atoms with E-state index in [9.17, 15) is 14.4 Å². The Morgan fingerprint density at radius 3 is 2.00 bits per heavy atom. The number of carbonyl (C=O) groups is 3. The molecule has 1 aliphatic rings. The monoisotopic (exact) mass is 549 g/mol. The van der Waals surface area contributed by atoms with Crippen LogP contribution >= 0.6 is 0 Å². The van der Waals surface area contributed by atoms with Crippen molar-refractivity contribution in [2.75, 3.05) is 13.2 Å². The van der Waals surface area contributed by atoms with E-state index < -0.39 is 47.6 Å². The van der Waals surface area contributed by atoms with Crippen molar-refractivity contribution in [1.82, 2.24) is 4.90 Å². The van der Waals surface area contributed by atoms with Gasteiger partial charge in [0.15, 0.2) is 6.04 Å². The molecule has 1 aromatic rings. The van der Waals surface area contributed by atoms with Crippen molar-refractivity contribution in [2.24, 2.45) is 11.8 Å². The maximum Gasteiger partial charge on any atom is 0.420 e. The summed E-state index contributed by atoms with van der Waals surface area (Å²) >= 11 is 0. The molecule has 2 rings (SSSR count). The van der Waals surface area contributed by atoms with E-state index in [2.05, 4.69) is 13.8 Å². The van der Waals surface area contributed by atoms with Gasteiger partial charge >= 0.3 is 18.2 Å². The minimum atomic E-state index is -1.40. The summed E-state index contributed by atoms with van der Waals surface area (Å²) in [6.07, 6.45) is -1.53. The van der Waals surface area contributed by atoms with E-state index in [-0.39, 0.29) is 19.1 Å². The first-order chi connectivity index (χ1) is 18.0. The van der Waals surface area contributed by atoms with Crippen LogP contribution in [0.1, 0.15) is 80.7 Å². The molecule has 0 radical (unpaired) electrons. The molecule has 1 saturated heterocycles. The maximum atomic E-state index is 13.5. The number of hydrogen-bond acceptors (Lipinski definition) is 8. The van der Waals surface area contributed by atoms with Crippen LogP contribution in [0.25, 0.3) is 0 Å². The summed E-state index contributed by atoms with van der Waals surface area (Å²) in [6, 6.07) is 6.27. The molecule has 2 amide bonds. The lowest BCUT2D eigenvalue weighted by Crippen LogP contribution is -2.54. The van der Waals surface area contributed by atoms with Crippen LogP contribution in [0.3, 0.4) is 0 Å². The average molecular weight is 550 g/mol. The molecular formula is C30H47NO8. The number of nitrogens with zero attached hydrogens (tertiary/aromatic N) is 1. The molecule has 0 saturated carbocycles. The van der Waals surface area contributed by atoms with Crippen LogP contribution in [0.2, 0.25) is 0 Å². The first-order valence-electron chi connectivity index (χ1n) is 13.7. The Balaban J connectivity index is 2.41. The standard InChI is InChI=1S/C30H47NO8/c1-19(2)11-14-22-17-35-18-24(31(27(33)38-29(5,6)7)28(34)39-30(8,9)10)26(32)36-21(4)25(22)37-23-15-12-20(3)13-16-23/h12-13,15-16,19,21-22,24-25H,11,14,17-18H2,1-10H3. The van der Waals surface area contributed by atoms with Gasteiger partial charge in [-0.25, -0.2) is 14.4 Å². The molecule has 4 unspecified atom stereocenters. The lowest BCUT2D eigenvalue weighted by molar-refractivity contribution is -0.159. The second-order valence-electron chi connectivity index (χ2n) is 12.7. The Hall–Kier alpha value is -2.81. The quantitative estimate of drug-likeness (QED) is 0.301. The molecule has 0 N–H and O–H groups in total. The number of carbonyl (C=O) groups excluding carboxylic acids is 3. The summed E-state index contributed by atoms with van der Waals surface area (Å²) in [6.45, 7) is 18.0. The average Bonchev–Trinajstić information content (AvgIpc) is 2.82. The van der Waals surface area contributed by atoms with Crippen LogP contribution in [0, 0.1) is 18.8 Å². The third-order valence-corrected chi connectivity index (χ3v) is 6.01. The van der Waals surface area contributed by atoms with Gasteiger partial charge in [0.05, 0.1) is 13.2 Å². The van der Waals surface area contributed by atoms with E-state index in [1.165, 1.54) is 0 Å². The highest BCUT2D eigenvalue weighted by molar-refractivity contribution is 5.94. The number of esters is 1. The summed E-state index contributed by atoms with van der Waals surface area (Å²) in [5, 5.41) is 0. The first kappa shape index (κ1) is 32.4. The lowest BCUT2D eigenvalue weighted by atomic mass is 9.91. The van der Waals surface area contributed by atoms with E-state index >= 15 is 0 Å². The van der Waals surface area contributed by atoms with Gasteiger partial charge in [-0.15, -0.1) is 0 Å². The molecule has 1 aromatic carbocycles. The Morgan fingerprint density at radius 1 is 0.974 bits per heavy atom. The smallest absolute Gasteiger partial charge is 0.420 e. The lowest BCUT2D eigenvalue weighted by Gasteiger charge is -2.33. The van der Waals surface area contributed by atoms with E-state index in [1.54, 1.807) is 48.5 Å². The highest BCUT2D eigenvalue weighted by atomic mass is 16.6. The van der Waals surface area contributed by atoms with Crippen LogP contribution in [-0.4, -0.2) is 65.7 Å². The summed E-state index contributed by atoms with van der Waals surface area (Å²) < 4.78 is 29.2. The fourth-order valence-electron chi connectivity index (χ4n) is 4.10. The molecule has 4 atom stereocenters. The molecule has 1 fully saturated rings. The third-order valence-electron chi connectivity index (χ3n) is 6.01. The highest BCUT2D eigenvalue weighted by Gasteiger charge is 2.44. The van der Waals surface area contributed by atoms with Crippen LogP contribution in [0.5, 0.6) is 5.75 Å². The molecular weight excluding hydrogens is 502 g/mol. The zero-order chi connectivity index (χ0) is 29.5. The third kappa shape index (κ3) is 10.7. The molecule has 0 aromatic heterocycles. The Labute approximate surface area is 233 Å². The molecule has 39 heavy (non-hydrogen) atoms. The van der Waals surface area contributed by atoms with Gasteiger partial charge in [0, 0.05) is 5.92 Å². The number of cyclic esters (lactones) is 1. The predicted molar refractivity (Wildman–Crippen MR) is 148 cm³/mol. The van der Waals surface area contributed by atoms with Gasteiger partial charge in [-0.1, -0.05) is 38.0 Å². The van der Waals surface area contributed by atoms with Gasteiger partial charge < -0.3 is 23.7 Å². The molecule has 0 aliphatic carbocycles. The minimum absolute atomic E-state index is 0.105. The SMILES string of the molecule is Cc1ccc(OC2C(CCC(C)C)COCC(N(C(=O)OC(C)(C)C)C(=O)OC(C)(C)C)C(=O)OC2C)cc1. The number of rotatable bonds is 6. The van der Waals surface area contributed by atoms with Gasteiger partial charge in [-0.05, 0) is 79.9 Å². The van der Waals surface area contributed by atoms with Crippen molar-refractivity contribution in [3.8, 4) is 5.75 Å². The van der Waals surface area contributed by atoms with E-state index in [4.69, 9.17) is 23.7 Å². The minimum Gasteiger partial charge on any atom is -0.486 e. The highest BCUT2D eigenvalue weighted by Crippen LogP contribution is 2.28. The summed E-state index contributed by atoms with van der Waals surface area (Å²) in [5.41, 5.74) is -0.728. The summed E-state index contributed by atoms with van der Waals surface area (Å²) in [4.78, 5) is 40.5. The molecule has 1 aliphatic heterocycles. The Morgan fingerprint density at radius 2 is 1.51 bits per heavy atom. The zero-order valence-corrected chi connectivity index (χ0v) is 25.2. The largest absolute Gasteiger partial charge is 0.486 e. The van der Waals surface area contributed by atoms with Crippen molar-refractivity contribution in [1.29, 1.82) is 0 Å². The van der Waals surface area contributed by atoms with E-state index in [1.807, 2.05) is 31.2 Å². The summed E-state index contributed by atoms with van der Waals surface area (Å²) in [7, 11) is 0. The Kier molecular flexibility index (Phi) is 11.2. The van der Waals surface area contributed by atoms with Crippen LogP contribution in [-0.2, 0) is 23.7 Å². The van der Waals surface area contributed by atoms with E-state index in [0.29, 0.717) is 16.6 Å². The zero-order valence-electron chi connectivity index (χ0n) is 25.2. The van der Waals surface area contributed by atoms with Crippen molar-refractivity contribution in [3.05, 3.63) is 29.8 Å². The predicted octanol–water partition coefficient (Wildman–Crippen LogP) is 6.30. The van der Waals surface area contributed by atoms with Crippen LogP contribution < -0.4 is 4.74 Å². The van der Waals surface area contributed by atoms with Gasteiger partial charge in [0.2, 0.25) is 0 Å². The maximum absolute atomic E-state index is 13.5. The number of aryl methyl sites for hydroxylation is 1. The topological polar surface area (TPSA) is 101 Å². The van der Waals surface area contributed by atoms with Crippen molar-refractivity contribution in [3.63, 3.8) is 0 Å². The van der Waals surface area contributed by atoms with Gasteiger partial charge in [-0.3, -0.25) is 0 Å². The van der Waals surface area contributed by atoms with Gasteiger partial charge in [0.25, 0.3) is 0 Å². The molecule has 1 heterocycles. The van der Waals surface area contributed by atoms with Crippen LogP contribution in [0.15, 0.2) is 24.3 Å². The number of benzene rings is 1. The number of amides is 2. The normalized spacial score (nSPS) is 22.7. The van der Waals surface area contributed by atoms with Crippen molar-refractivity contribution in [2.45, 2.75) is 112 Å². The van der Waals surface area contributed by atoms with Crippen LogP contribution in [0.4, 0.5) is 9.59 Å². The molecule has 220 valence electrons. The fourth-order valence-corrected chi connectivity index (χ4v) is 4.10. The number of ether oxygens (including phenoxy) is 5. The second-order valence-corrected chi connectivity index (χ2v) is 12.7. The second kappa shape index (κ2) is 13.5. The van der Waals surface area contributed by atoms with Crippen molar-refractivity contribution >= 4 is 18.2 Å². The number of hydrogen-bond donors (Lipinski definition) is 0. The Bertz CT molecular complexity index is 933. The van der Waals surface area contributed by atoms with Gasteiger partial charge in [0.1, 0.15) is 29.2 Å². The molecule has 9 heteroatoms. The molecule has 9 nitrogen and oxygen atoms in total. The molecule has 0 spiro atoms. The fraction of sp³-hybridized carbons (Fsp3) is 0.700.